The molecular weight excluding hydrogens is 434 g/mol. The number of hydrogen-bond donors (Lipinski definition) is 2. The molecule has 4 aromatic rings. The van der Waals surface area contributed by atoms with Crippen LogP contribution in [0.2, 0.25) is 0 Å². The maximum Gasteiger partial charge on any atom is 0.321 e. The molecule has 1 aliphatic heterocycles. The molecule has 4 heterocycles. The van der Waals surface area contributed by atoms with Gasteiger partial charge in [-0.1, -0.05) is 18.1 Å². The number of urea groups is 1. The lowest BCUT2D eigenvalue weighted by Gasteiger charge is -2.20. The molecule has 10 nitrogen and oxygen atoms in total. The quantitative estimate of drug-likeness (QED) is 0.449. The summed E-state index contributed by atoms with van der Waals surface area (Å²) in [5, 5.41) is 9.53. The summed E-state index contributed by atoms with van der Waals surface area (Å²) < 4.78 is 7.36. The average Bonchev–Trinajstić information content (AvgIpc) is 3.23. The van der Waals surface area contributed by atoms with Crippen molar-refractivity contribution in [2.24, 2.45) is 0 Å². The van der Waals surface area contributed by atoms with Gasteiger partial charge in [-0.2, -0.15) is 5.10 Å². The van der Waals surface area contributed by atoms with Crippen molar-refractivity contribution < 1.29 is 14.3 Å². The Balaban J connectivity index is 1.26. The van der Waals surface area contributed by atoms with Crippen molar-refractivity contribution in [3.8, 4) is 17.6 Å². The highest BCUT2D eigenvalue weighted by atomic mass is 16.5. The van der Waals surface area contributed by atoms with E-state index in [2.05, 4.69) is 37.5 Å². The monoisotopic (exact) mass is 453 g/mol. The highest BCUT2D eigenvalue weighted by Crippen LogP contribution is 2.29. The molecule has 0 spiro atoms. The number of anilines is 2. The summed E-state index contributed by atoms with van der Waals surface area (Å²) >= 11 is 0. The topological polar surface area (TPSA) is 114 Å². The second-order valence-corrected chi connectivity index (χ2v) is 7.44. The molecule has 34 heavy (non-hydrogen) atoms. The minimum atomic E-state index is -0.858. The predicted octanol–water partition coefficient (Wildman–Crippen LogP) is 2.07. The molecule has 0 bridgehead atoms. The van der Waals surface area contributed by atoms with E-state index in [0.717, 1.165) is 0 Å². The lowest BCUT2D eigenvalue weighted by atomic mass is 10.2. The first-order valence-corrected chi connectivity index (χ1v) is 10.4. The first-order chi connectivity index (χ1) is 16.6. The average molecular weight is 453 g/mol. The van der Waals surface area contributed by atoms with Gasteiger partial charge in [0.15, 0.2) is 5.65 Å². The first kappa shape index (κ1) is 21.0. The molecule has 1 atom stereocenters. The number of hydrogen-bond acceptors (Lipinski definition) is 6. The Labute approximate surface area is 194 Å². The van der Waals surface area contributed by atoms with E-state index in [-0.39, 0.29) is 12.5 Å². The van der Waals surface area contributed by atoms with Gasteiger partial charge < -0.3 is 15.0 Å². The van der Waals surface area contributed by atoms with Gasteiger partial charge in [0, 0.05) is 25.0 Å². The fourth-order valence-electron chi connectivity index (χ4n) is 3.49. The van der Waals surface area contributed by atoms with E-state index in [9.17, 15) is 9.59 Å². The van der Waals surface area contributed by atoms with Gasteiger partial charge in [0.25, 0.3) is 5.91 Å². The molecule has 0 saturated carbocycles. The number of pyridine rings is 1. The Hall–Kier alpha value is -4.91. The van der Waals surface area contributed by atoms with Crippen LogP contribution in [0, 0.1) is 11.8 Å². The molecule has 168 valence electrons. The molecule has 0 radical (unpaired) electrons. The third kappa shape index (κ3) is 4.22. The van der Waals surface area contributed by atoms with E-state index in [4.69, 9.17) is 4.74 Å². The number of nitrogens with one attached hydrogen (secondary N) is 2. The van der Waals surface area contributed by atoms with E-state index in [1.54, 1.807) is 54.3 Å². The van der Waals surface area contributed by atoms with Crippen LogP contribution in [0.3, 0.4) is 0 Å². The molecule has 10 heteroatoms. The van der Waals surface area contributed by atoms with Gasteiger partial charge in [-0.3, -0.25) is 10.1 Å². The van der Waals surface area contributed by atoms with Crippen LogP contribution in [0.5, 0.6) is 5.75 Å². The third-order valence-electron chi connectivity index (χ3n) is 5.18. The summed E-state index contributed by atoms with van der Waals surface area (Å²) in [5.74, 6) is 6.63. The standard InChI is InChI=1S/C24H19N7O3/c1-30-19-5-2-3-6-20(19)34-15-18(23(30)32)28-24(33)29-21-13-16(10-12-25-21)8-9-17-14-26-22-7-4-11-27-31(17)22/h2-7,10-14,18H,15H2,1H3,(H2,25,28,29,33)/t18-/m0/s1. The number of amides is 3. The Morgan fingerprint density at radius 2 is 2.00 bits per heavy atom. The van der Waals surface area contributed by atoms with E-state index in [1.165, 1.54) is 11.1 Å². The number of imidazole rings is 1. The lowest BCUT2D eigenvalue weighted by Crippen LogP contribution is -2.50. The van der Waals surface area contributed by atoms with Gasteiger partial charge in [-0.15, -0.1) is 0 Å². The van der Waals surface area contributed by atoms with Crippen LogP contribution in [0.25, 0.3) is 5.65 Å². The number of carbonyl (C=O) groups excluding carboxylic acids is 2. The summed E-state index contributed by atoms with van der Waals surface area (Å²) in [6.45, 7) is 0.0138. The molecule has 1 aromatic carbocycles. The van der Waals surface area contributed by atoms with Gasteiger partial charge >= 0.3 is 6.03 Å². The number of para-hydroxylation sites is 2. The van der Waals surface area contributed by atoms with Gasteiger partial charge in [0.2, 0.25) is 0 Å². The minimum Gasteiger partial charge on any atom is -0.489 e. The maximum atomic E-state index is 12.8. The van der Waals surface area contributed by atoms with Crippen molar-refractivity contribution in [2.75, 3.05) is 23.9 Å². The summed E-state index contributed by atoms with van der Waals surface area (Å²) in [6, 6.07) is 12.8. The van der Waals surface area contributed by atoms with Crippen molar-refractivity contribution >= 4 is 29.1 Å². The summed E-state index contributed by atoms with van der Waals surface area (Å²) in [5.41, 5.74) is 2.62. The molecule has 5 rings (SSSR count). The van der Waals surface area contributed by atoms with Crippen LogP contribution in [0.1, 0.15) is 11.3 Å². The number of benzene rings is 1. The van der Waals surface area contributed by atoms with E-state index < -0.39 is 12.1 Å². The number of rotatable bonds is 2. The van der Waals surface area contributed by atoms with Crippen molar-refractivity contribution in [1.29, 1.82) is 0 Å². The molecule has 3 aromatic heterocycles. The molecule has 1 aliphatic rings. The molecule has 0 aliphatic carbocycles. The fourth-order valence-corrected chi connectivity index (χ4v) is 3.49. The molecule has 0 saturated heterocycles. The zero-order chi connectivity index (χ0) is 23.5. The largest absolute Gasteiger partial charge is 0.489 e. The molecule has 0 fully saturated rings. The lowest BCUT2D eigenvalue weighted by molar-refractivity contribution is -0.120. The number of aromatic nitrogens is 4. The second-order valence-electron chi connectivity index (χ2n) is 7.44. The number of likely N-dealkylation sites (N-methyl/N-ethyl adjacent to an activating group) is 1. The normalized spacial score (nSPS) is 14.9. The Morgan fingerprint density at radius 3 is 2.91 bits per heavy atom. The van der Waals surface area contributed by atoms with Crippen LogP contribution in [0.15, 0.2) is 67.1 Å². The van der Waals surface area contributed by atoms with Crippen LogP contribution in [-0.4, -0.2) is 51.2 Å². The van der Waals surface area contributed by atoms with Gasteiger partial charge in [-0.05, 0) is 42.3 Å². The van der Waals surface area contributed by atoms with Crippen LogP contribution >= 0.6 is 0 Å². The minimum absolute atomic E-state index is 0.0138. The Kier molecular flexibility index (Phi) is 5.50. The van der Waals surface area contributed by atoms with Gasteiger partial charge in [0.05, 0.1) is 11.9 Å². The van der Waals surface area contributed by atoms with Crippen molar-refractivity contribution in [1.82, 2.24) is 24.9 Å². The van der Waals surface area contributed by atoms with Crippen molar-refractivity contribution in [3.05, 3.63) is 78.4 Å². The molecule has 3 amide bonds. The smallest absolute Gasteiger partial charge is 0.321 e. The predicted molar refractivity (Wildman–Crippen MR) is 124 cm³/mol. The Morgan fingerprint density at radius 1 is 1.12 bits per heavy atom. The van der Waals surface area contributed by atoms with E-state index in [1.807, 2.05) is 18.2 Å². The van der Waals surface area contributed by atoms with Crippen LogP contribution < -0.4 is 20.3 Å². The van der Waals surface area contributed by atoms with Gasteiger partial charge in [0.1, 0.15) is 29.9 Å². The summed E-state index contributed by atoms with van der Waals surface area (Å²) in [6.07, 6.45) is 4.84. The maximum absolute atomic E-state index is 12.8. The highest BCUT2D eigenvalue weighted by Gasteiger charge is 2.30. The van der Waals surface area contributed by atoms with Gasteiger partial charge in [-0.25, -0.2) is 19.3 Å². The molecular formula is C24H19N7O3. The number of fused-ring (bicyclic) bond motifs is 2. The second kappa shape index (κ2) is 8.91. The van der Waals surface area contributed by atoms with Crippen molar-refractivity contribution in [3.63, 3.8) is 0 Å². The van der Waals surface area contributed by atoms with E-state index in [0.29, 0.717) is 34.2 Å². The zero-order valence-corrected chi connectivity index (χ0v) is 18.1. The third-order valence-corrected chi connectivity index (χ3v) is 5.18. The number of carbonyl (C=O) groups is 2. The zero-order valence-electron chi connectivity index (χ0n) is 18.1. The summed E-state index contributed by atoms with van der Waals surface area (Å²) in [4.78, 5) is 35.3. The van der Waals surface area contributed by atoms with Crippen LogP contribution in [-0.2, 0) is 4.79 Å². The van der Waals surface area contributed by atoms with Crippen LogP contribution in [0.4, 0.5) is 16.3 Å². The highest BCUT2D eigenvalue weighted by molar-refractivity contribution is 6.01. The van der Waals surface area contributed by atoms with E-state index >= 15 is 0 Å². The SMILES string of the molecule is CN1C(=O)[C@@H](NC(=O)Nc2cc(C#Cc3cnc4cccnn34)ccn2)COc2ccccc21. The number of ether oxygens (including phenoxy) is 1. The fraction of sp³-hybridized carbons (Fsp3) is 0.125. The molecule has 2 N–H and O–H groups in total. The number of nitrogens with zero attached hydrogens (tertiary/aromatic N) is 5. The first-order valence-electron chi connectivity index (χ1n) is 10.4. The van der Waals surface area contributed by atoms with Crippen molar-refractivity contribution in [2.45, 2.75) is 6.04 Å². The summed E-state index contributed by atoms with van der Waals surface area (Å²) in [7, 11) is 1.64. The molecule has 0 unspecified atom stereocenters. The Bertz CT molecular complexity index is 1450.